The minimum atomic E-state index is -0.958. The van der Waals surface area contributed by atoms with Crippen LogP contribution in [0.2, 0.25) is 0 Å². The summed E-state index contributed by atoms with van der Waals surface area (Å²) < 4.78 is 26.4. The largest absolute Gasteiger partial charge is 0.387 e. The summed E-state index contributed by atoms with van der Waals surface area (Å²) in [4.78, 5) is 14.9. The predicted octanol–water partition coefficient (Wildman–Crippen LogP) is 2.91. The zero-order valence-electron chi connectivity index (χ0n) is 12.0. The number of carbonyl (C=O) groups is 1. The number of halogens is 2. The molecule has 0 saturated carbocycles. The maximum Gasteiger partial charge on any atom is 0.267 e. The van der Waals surface area contributed by atoms with E-state index in [1.54, 1.807) is 12.1 Å². The summed E-state index contributed by atoms with van der Waals surface area (Å²) in [6.45, 7) is -0.0394. The van der Waals surface area contributed by atoms with Gasteiger partial charge in [-0.2, -0.15) is 0 Å². The van der Waals surface area contributed by atoms with E-state index in [0.717, 1.165) is 0 Å². The van der Waals surface area contributed by atoms with Crippen LogP contribution in [0.5, 0.6) is 0 Å². The number of amides is 1. The van der Waals surface area contributed by atoms with E-state index in [4.69, 9.17) is 0 Å². The number of aliphatic hydroxyl groups excluding tert-OH is 1. The van der Waals surface area contributed by atoms with Gasteiger partial charge in [-0.25, -0.2) is 8.78 Å². The number of fused-ring (bicyclic) bond motifs is 1. The van der Waals surface area contributed by atoms with Crippen LogP contribution in [0.3, 0.4) is 0 Å². The minimum absolute atomic E-state index is 0.0394. The van der Waals surface area contributed by atoms with Gasteiger partial charge < -0.3 is 15.4 Å². The Bertz CT molecular complexity index is 843. The Kier molecular flexibility index (Phi) is 4.08. The maximum absolute atomic E-state index is 13.6. The van der Waals surface area contributed by atoms with Crippen molar-refractivity contribution in [1.82, 2.24) is 10.3 Å². The van der Waals surface area contributed by atoms with Crippen LogP contribution >= 0.6 is 0 Å². The van der Waals surface area contributed by atoms with Crippen molar-refractivity contribution in [2.45, 2.75) is 6.10 Å². The number of hydrogen-bond donors (Lipinski definition) is 3. The van der Waals surface area contributed by atoms with Crippen molar-refractivity contribution < 1.29 is 18.7 Å². The lowest BCUT2D eigenvalue weighted by Crippen LogP contribution is -2.28. The molecule has 4 nitrogen and oxygen atoms in total. The Hall–Kier alpha value is -2.73. The molecule has 0 spiro atoms. The van der Waals surface area contributed by atoms with Crippen molar-refractivity contribution in [2.24, 2.45) is 0 Å². The molecule has 1 heterocycles. The summed E-state index contributed by atoms with van der Waals surface area (Å²) in [5.41, 5.74) is 1.22. The summed E-state index contributed by atoms with van der Waals surface area (Å²) in [7, 11) is 0. The Morgan fingerprint density at radius 3 is 2.61 bits per heavy atom. The standard InChI is InChI=1S/C17H14F2N2O2/c18-11-6-4-10(5-7-11)16(22)9-20-17(23)15-8-12-13(19)2-1-3-14(12)21-15/h1-8,16,21-22H,9H2,(H,20,23). The van der Waals surface area contributed by atoms with E-state index >= 15 is 0 Å². The molecule has 0 aliphatic carbocycles. The van der Waals surface area contributed by atoms with Crippen molar-refractivity contribution in [3.05, 3.63) is 71.4 Å². The molecule has 0 saturated heterocycles. The Morgan fingerprint density at radius 1 is 1.17 bits per heavy atom. The Labute approximate surface area is 130 Å². The van der Waals surface area contributed by atoms with E-state index in [0.29, 0.717) is 16.5 Å². The molecule has 1 aromatic heterocycles. The summed E-state index contributed by atoms with van der Waals surface area (Å²) in [6, 6.07) is 11.3. The summed E-state index contributed by atoms with van der Waals surface area (Å²) in [5, 5.41) is 12.9. The van der Waals surface area contributed by atoms with Crippen molar-refractivity contribution in [3.8, 4) is 0 Å². The summed E-state index contributed by atoms with van der Waals surface area (Å²) in [6.07, 6.45) is -0.958. The molecule has 0 bridgehead atoms. The van der Waals surface area contributed by atoms with Crippen LogP contribution in [0.15, 0.2) is 48.5 Å². The fourth-order valence-electron chi connectivity index (χ4n) is 2.33. The number of rotatable bonds is 4. The lowest BCUT2D eigenvalue weighted by atomic mass is 10.1. The third kappa shape index (κ3) is 3.22. The number of aromatic amines is 1. The van der Waals surface area contributed by atoms with Gasteiger partial charge in [-0.15, -0.1) is 0 Å². The molecule has 118 valence electrons. The SMILES string of the molecule is O=C(NCC(O)c1ccc(F)cc1)c1cc2c(F)cccc2[nH]1. The number of benzene rings is 2. The van der Waals surface area contributed by atoms with Gasteiger partial charge in [0.2, 0.25) is 0 Å². The lowest BCUT2D eigenvalue weighted by Gasteiger charge is -2.11. The number of H-pyrrole nitrogens is 1. The molecule has 0 fully saturated rings. The highest BCUT2D eigenvalue weighted by molar-refractivity contribution is 5.98. The molecule has 0 radical (unpaired) electrons. The molecule has 1 unspecified atom stereocenters. The lowest BCUT2D eigenvalue weighted by molar-refractivity contribution is 0.0912. The van der Waals surface area contributed by atoms with Gasteiger partial charge in [0.05, 0.1) is 6.10 Å². The third-order valence-corrected chi connectivity index (χ3v) is 3.57. The number of hydrogen-bond acceptors (Lipinski definition) is 2. The van der Waals surface area contributed by atoms with Crippen LogP contribution in [-0.2, 0) is 0 Å². The van der Waals surface area contributed by atoms with Crippen LogP contribution in [0, 0.1) is 11.6 Å². The third-order valence-electron chi connectivity index (χ3n) is 3.57. The predicted molar refractivity (Wildman–Crippen MR) is 81.9 cm³/mol. The maximum atomic E-state index is 13.6. The second kappa shape index (κ2) is 6.18. The average molecular weight is 316 g/mol. The summed E-state index contributed by atoms with van der Waals surface area (Å²) >= 11 is 0. The van der Waals surface area contributed by atoms with Gasteiger partial charge in [0.15, 0.2) is 0 Å². The van der Waals surface area contributed by atoms with E-state index in [2.05, 4.69) is 10.3 Å². The first-order valence-corrected chi connectivity index (χ1v) is 7.03. The number of carbonyl (C=O) groups excluding carboxylic acids is 1. The molecule has 0 aliphatic rings. The first kappa shape index (κ1) is 15.2. The molecular formula is C17H14F2N2O2. The van der Waals surface area contributed by atoms with Crippen molar-refractivity contribution in [3.63, 3.8) is 0 Å². The molecule has 1 amide bonds. The highest BCUT2D eigenvalue weighted by Crippen LogP contribution is 2.19. The van der Waals surface area contributed by atoms with Crippen LogP contribution in [0.25, 0.3) is 10.9 Å². The van der Waals surface area contributed by atoms with Crippen LogP contribution in [-0.4, -0.2) is 22.5 Å². The molecule has 1 atom stereocenters. The molecule has 0 aliphatic heterocycles. The smallest absolute Gasteiger partial charge is 0.267 e. The van der Waals surface area contributed by atoms with Crippen molar-refractivity contribution in [1.29, 1.82) is 0 Å². The minimum Gasteiger partial charge on any atom is -0.387 e. The molecule has 6 heteroatoms. The highest BCUT2D eigenvalue weighted by atomic mass is 19.1. The molecule has 3 N–H and O–H groups in total. The first-order chi connectivity index (χ1) is 11.0. The average Bonchev–Trinajstić information content (AvgIpc) is 2.99. The van der Waals surface area contributed by atoms with Crippen LogP contribution in [0.1, 0.15) is 22.2 Å². The zero-order chi connectivity index (χ0) is 16.4. The van der Waals surface area contributed by atoms with Crippen molar-refractivity contribution in [2.75, 3.05) is 6.54 Å². The van der Waals surface area contributed by atoms with Gasteiger partial charge in [0.1, 0.15) is 17.3 Å². The van der Waals surface area contributed by atoms with Crippen LogP contribution < -0.4 is 5.32 Å². The number of nitrogens with one attached hydrogen (secondary N) is 2. The normalized spacial score (nSPS) is 12.3. The second-order valence-corrected chi connectivity index (χ2v) is 5.16. The van der Waals surface area contributed by atoms with Gasteiger partial charge in [-0.3, -0.25) is 4.79 Å². The fraction of sp³-hybridized carbons (Fsp3) is 0.118. The molecule has 23 heavy (non-hydrogen) atoms. The van der Waals surface area contributed by atoms with Gasteiger partial charge in [-0.05, 0) is 35.9 Å². The first-order valence-electron chi connectivity index (χ1n) is 7.03. The quantitative estimate of drug-likeness (QED) is 0.693. The van der Waals surface area contributed by atoms with E-state index in [9.17, 15) is 18.7 Å². The van der Waals surface area contributed by atoms with Gasteiger partial charge in [0.25, 0.3) is 5.91 Å². The number of aromatic nitrogens is 1. The fourth-order valence-corrected chi connectivity index (χ4v) is 2.33. The topological polar surface area (TPSA) is 65.1 Å². The van der Waals surface area contributed by atoms with Gasteiger partial charge >= 0.3 is 0 Å². The second-order valence-electron chi connectivity index (χ2n) is 5.16. The Balaban J connectivity index is 1.68. The molecular weight excluding hydrogens is 302 g/mol. The Morgan fingerprint density at radius 2 is 1.91 bits per heavy atom. The number of aliphatic hydroxyl groups is 1. The van der Waals surface area contributed by atoms with Gasteiger partial charge in [0, 0.05) is 17.4 Å². The van der Waals surface area contributed by atoms with E-state index in [1.165, 1.54) is 36.4 Å². The highest BCUT2D eigenvalue weighted by Gasteiger charge is 2.14. The molecule has 3 aromatic rings. The molecule has 3 rings (SSSR count). The van der Waals surface area contributed by atoms with Crippen LogP contribution in [0.4, 0.5) is 8.78 Å². The van der Waals surface area contributed by atoms with E-state index in [-0.39, 0.29) is 12.2 Å². The van der Waals surface area contributed by atoms with E-state index in [1.807, 2.05) is 0 Å². The monoisotopic (exact) mass is 316 g/mol. The summed E-state index contributed by atoms with van der Waals surface area (Å²) in [5.74, 6) is -1.27. The van der Waals surface area contributed by atoms with E-state index < -0.39 is 23.6 Å². The van der Waals surface area contributed by atoms with Crippen molar-refractivity contribution >= 4 is 16.8 Å². The van der Waals surface area contributed by atoms with Gasteiger partial charge in [-0.1, -0.05) is 18.2 Å². The zero-order valence-corrected chi connectivity index (χ0v) is 12.0. The molecule has 2 aromatic carbocycles.